The van der Waals surface area contributed by atoms with Crippen LogP contribution in [0.25, 0.3) is 0 Å². The molecule has 1 fully saturated rings. The predicted molar refractivity (Wildman–Crippen MR) is 59.8 cm³/mol. The maximum atomic E-state index is 11.5. The third kappa shape index (κ3) is 2.79. The average molecular weight is 225 g/mol. The second-order valence-corrected chi connectivity index (χ2v) is 5.22. The molecule has 1 amide bonds. The summed E-state index contributed by atoms with van der Waals surface area (Å²) < 4.78 is 0. The first kappa shape index (κ1) is 10.6. The van der Waals surface area contributed by atoms with E-state index in [0.29, 0.717) is 13.0 Å². The zero-order chi connectivity index (χ0) is 10.7. The fourth-order valence-electron chi connectivity index (χ4n) is 1.49. The molecule has 4 heteroatoms. The van der Waals surface area contributed by atoms with Crippen molar-refractivity contribution in [3.05, 3.63) is 22.4 Å². The van der Waals surface area contributed by atoms with Gasteiger partial charge >= 0.3 is 0 Å². The van der Waals surface area contributed by atoms with Gasteiger partial charge in [-0.2, -0.15) is 0 Å². The van der Waals surface area contributed by atoms with Crippen LogP contribution in [0.3, 0.4) is 0 Å². The minimum Gasteiger partial charge on any atom is -0.396 e. The van der Waals surface area contributed by atoms with Crippen molar-refractivity contribution in [1.82, 2.24) is 5.32 Å². The normalized spacial score (nSPS) is 17.4. The molecule has 0 radical (unpaired) electrons. The Morgan fingerprint density at radius 2 is 2.40 bits per heavy atom. The first-order valence-electron chi connectivity index (χ1n) is 5.14. The van der Waals surface area contributed by atoms with Gasteiger partial charge in [0, 0.05) is 16.8 Å². The summed E-state index contributed by atoms with van der Waals surface area (Å²) >= 11 is 1.60. The highest BCUT2D eigenvalue weighted by Gasteiger charge is 2.41. The number of aliphatic hydroxyl groups is 1. The topological polar surface area (TPSA) is 49.3 Å². The second-order valence-electron chi connectivity index (χ2n) is 4.19. The number of hydrogen-bond donors (Lipinski definition) is 2. The first-order chi connectivity index (χ1) is 7.24. The van der Waals surface area contributed by atoms with Crippen LogP contribution in [-0.2, 0) is 11.2 Å². The smallest absolute Gasteiger partial charge is 0.225 e. The summed E-state index contributed by atoms with van der Waals surface area (Å²) in [6.45, 7) is 0.806. The van der Waals surface area contributed by atoms with Gasteiger partial charge in [-0.25, -0.2) is 0 Å². The average Bonchev–Trinajstić information content (AvgIpc) is 2.86. The van der Waals surface area contributed by atoms with Crippen molar-refractivity contribution < 1.29 is 9.90 Å². The van der Waals surface area contributed by atoms with E-state index in [2.05, 4.69) is 5.32 Å². The third-order valence-corrected chi connectivity index (χ3v) is 3.74. The molecule has 1 aromatic rings. The summed E-state index contributed by atoms with van der Waals surface area (Å²) in [7, 11) is 0. The molecule has 0 atom stereocenters. The molecular weight excluding hydrogens is 210 g/mol. The lowest BCUT2D eigenvalue weighted by Gasteiger charge is -2.12. The van der Waals surface area contributed by atoms with Gasteiger partial charge in [-0.3, -0.25) is 4.79 Å². The molecule has 1 saturated carbocycles. The Balaban J connectivity index is 1.74. The highest BCUT2D eigenvalue weighted by molar-refractivity contribution is 7.10. The molecule has 1 aliphatic carbocycles. The van der Waals surface area contributed by atoms with Crippen LogP contribution in [-0.4, -0.2) is 24.2 Å². The number of thiophene rings is 1. The number of amides is 1. The molecule has 0 aliphatic heterocycles. The van der Waals surface area contributed by atoms with Gasteiger partial charge in [0.25, 0.3) is 0 Å². The molecule has 0 saturated heterocycles. The summed E-state index contributed by atoms with van der Waals surface area (Å²) in [6.07, 6.45) is 2.52. The molecule has 0 bridgehead atoms. The number of aliphatic hydroxyl groups excluding tert-OH is 1. The molecule has 82 valence electrons. The highest BCUT2D eigenvalue weighted by atomic mass is 32.1. The lowest BCUT2D eigenvalue weighted by molar-refractivity contribution is -0.120. The molecular formula is C11H15NO2S. The lowest BCUT2D eigenvalue weighted by atomic mass is 10.1. The number of carbonyl (C=O) groups excluding carboxylic acids is 1. The molecule has 1 heterocycles. The van der Waals surface area contributed by atoms with E-state index >= 15 is 0 Å². The summed E-state index contributed by atoms with van der Waals surface area (Å²) in [6, 6.07) is 3.91. The van der Waals surface area contributed by atoms with Crippen molar-refractivity contribution in [1.29, 1.82) is 0 Å². The van der Waals surface area contributed by atoms with Crippen LogP contribution in [0.4, 0.5) is 0 Å². The molecule has 1 aromatic heterocycles. The predicted octanol–water partition coefficient (Wildman–Crippen LogP) is 1.18. The Labute approximate surface area is 93.1 Å². The number of hydrogen-bond acceptors (Lipinski definition) is 3. The number of nitrogens with one attached hydrogen (secondary N) is 1. The van der Waals surface area contributed by atoms with Gasteiger partial charge in [-0.1, -0.05) is 6.07 Å². The highest BCUT2D eigenvalue weighted by Crippen LogP contribution is 2.44. The molecule has 0 aromatic carbocycles. The monoisotopic (exact) mass is 225 g/mol. The summed E-state index contributed by atoms with van der Waals surface area (Å²) in [4.78, 5) is 12.6. The van der Waals surface area contributed by atoms with E-state index in [1.54, 1.807) is 11.3 Å². The van der Waals surface area contributed by atoms with Gasteiger partial charge in [-0.05, 0) is 24.3 Å². The Morgan fingerprint density at radius 3 is 2.93 bits per heavy atom. The maximum Gasteiger partial charge on any atom is 0.225 e. The van der Waals surface area contributed by atoms with Crippen LogP contribution in [0.5, 0.6) is 0 Å². The van der Waals surface area contributed by atoms with E-state index in [-0.39, 0.29) is 17.9 Å². The van der Waals surface area contributed by atoms with Crippen molar-refractivity contribution in [2.75, 3.05) is 13.2 Å². The van der Waals surface area contributed by atoms with Crippen LogP contribution in [0.1, 0.15) is 17.7 Å². The summed E-state index contributed by atoms with van der Waals surface area (Å²) in [5, 5.41) is 13.9. The zero-order valence-corrected chi connectivity index (χ0v) is 9.35. The second kappa shape index (κ2) is 4.33. The Morgan fingerprint density at radius 1 is 1.60 bits per heavy atom. The molecule has 0 spiro atoms. The largest absolute Gasteiger partial charge is 0.396 e. The maximum absolute atomic E-state index is 11.5. The Kier molecular flexibility index (Phi) is 3.07. The van der Waals surface area contributed by atoms with Gasteiger partial charge in [0.05, 0.1) is 13.0 Å². The van der Waals surface area contributed by atoms with E-state index < -0.39 is 0 Å². The zero-order valence-electron chi connectivity index (χ0n) is 8.53. The Hall–Kier alpha value is -0.870. The molecule has 2 rings (SSSR count). The molecule has 1 aliphatic rings. The third-order valence-electron chi connectivity index (χ3n) is 2.87. The quantitative estimate of drug-likeness (QED) is 0.790. The molecule has 2 N–H and O–H groups in total. The van der Waals surface area contributed by atoms with Crippen LogP contribution < -0.4 is 5.32 Å². The standard InChI is InChI=1S/C11H15NO2S/c13-8-11(3-4-11)7-12-10(14)6-9-2-1-5-15-9/h1-2,5,13H,3-4,6-8H2,(H,12,14). The lowest BCUT2D eigenvalue weighted by Crippen LogP contribution is -2.32. The van der Waals surface area contributed by atoms with Gasteiger partial charge < -0.3 is 10.4 Å². The Bertz CT molecular complexity index is 330. The summed E-state index contributed by atoms with van der Waals surface area (Å²) in [5.74, 6) is 0.0529. The van der Waals surface area contributed by atoms with Crippen molar-refractivity contribution >= 4 is 17.2 Å². The molecule has 15 heavy (non-hydrogen) atoms. The molecule has 3 nitrogen and oxygen atoms in total. The van der Waals surface area contributed by atoms with E-state index in [9.17, 15) is 4.79 Å². The molecule has 0 unspecified atom stereocenters. The number of rotatable bonds is 5. The van der Waals surface area contributed by atoms with Crippen molar-refractivity contribution in [2.24, 2.45) is 5.41 Å². The van der Waals surface area contributed by atoms with Crippen molar-refractivity contribution in [3.63, 3.8) is 0 Å². The van der Waals surface area contributed by atoms with E-state index in [4.69, 9.17) is 5.11 Å². The minimum absolute atomic E-state index is 0.00507. The number of carbonyl (C=O) groups is 1. The van der Waals surface area contributed by atoms with Gasteiger partial charge in [0.15, 0.2) is 0 Å². The van der Waals surface area contributed by atoms with Gasteiger partial charge in [0.1, 0.15) is 0 Å². The van der Waals surface area contributed by atoms with Crippen molar-refractivity contribution in [3.8, 4) is 0 Å². The van der Waals surface area contributed by atoms with E-state index in [0.717, 1.165) is 17.7 Å². The first-order valence-corrected chi connectivity index (χ1v) is 6.02. The fraction of sp³-hybridized carbons (Fsp3) is 0.545. The SMILES string of the molecule is O=C(Cc1cccs1)NCC1(CO)CC1. The van der Waals surface area contributed by atoms with Crippen LogP contribution >= 0.6 is 11.3 Å². The van der Waals surface area contributed by atoms with Crippen LogP contribution in [0.2, 0.25) is 0 Å². The van der Waals surface area contributed by atoms with Crippen LogP contribution in [0, 0.1) is 5.41 Å². The summed E-state index contributed by atoms with van der Waals surface area (Å²) in [5.41, 5.74) is 0.00507. The van der Waals surface area contributed by atoms with E-state index in [1.807, 2.05) is 17.5 Å². The van der Waals surface area contributed by atoms with Crippen molar-refractivity contribution in [2.45, 2.75) is 19.3 Å². The minimum atomic E-state index is 0.00507. The van der Waals surface area contributed by atoms with E-state index in [1.165, 1.54) is 0 Å². The van der Waals surface area contributed by atoms with Gasteiger partial charge in [-0.15, -0.1) is 11.3 Å². The van der Waals surface area contributed by atoms with Gasteiger partial charge in [0.2, 0.25) is 5.91 Å². The fourth-order valence-corrected chi connectivity index (χ4v) is 2.19. The van der Waals surface area contributed by atoms with Crippen LogP contribution in [0.15, 0.2) is 17.5 Å².